The maximum absolute atomic E-state index is 11.1. The Morgan fingerprint density at radius 3 is 2.71 bits per heavy atom. The fraction of sp³-hybridized carbons (Fsp3) is 0.833. The van der Waals surface area contributed by atoms with Crippen LogP contribution in [0.4, 0.5) is 0 Å². The van der Waals surface area contributed by atoms with E-state index in [2.05, 4.69) is 16.3 Å². The molecule has 0 radical (unpaired) electrons. The van der Waals surface area contributed by atoms with Crippen LogP contribution in [-0.4, -0.2) is 43.0 Å². The van der Waals surface area contributed by atoms with E-state index < -0.39 is 0 Å². The first-order chi connectivity index (χ1) is 8.24. The van der Waals surface area contributed by atoms with Gasteiger partial charge in [0.2, 0.25) is 5.91 Å². The van der Waals surface area contributed by atoms with Gasteiger partial charge < -0.3 is 11.1 Å². The zero-order chi connectivity index (χ0) is 12.5. The minimum absolute atomic E-state index is 0.260. The predicted octanol–water partition coefficient (Wildman–Crippen LogP) is 0.220. The Kier molecular flexibility index (Phi) is 6.60. The van der Waals surface area contributed by atoms with Crippen molar-refractivity contribution in [2.24, 2.45) is 5.73 Å². The maximum Gasteiger partial charge on any atom is 0.231 e. The average Bonchev–Trinajstić information content (AvgIpc) is 2.34. The van der Waals surface area contributed by atoms with E-state index in [0.29, 0.717) is 19.0 Å². The number of piperidine rings is 1. The molecule has 0 saturated carbocycles. The van der Waals surface area contributed by atoms with E-state index in [9.17, 15) is 4.79 Å². The van der Waals surface area contributed by atoms with Gasteiger partial charge in [0.15, 0.2) is 0 Å². The molecule has 17 heavy (non-hydrogen) atoms. The molecule has 1 heterocycles. The molecular formula is C12H22N4O. The third-order valence-corrected chi connectivity index (χ3v) is 3.17. The molecule has 0 atom stereocenters. The minimum Gasteiger partial charge on any atom is -0.369 e. The summed E-state index contributed by atoms with van der Waals surface area (Å²) in [6.45, 7) is 3.24. The summed E-state index contributed by atoms with van der Waals surface area (Å²) in [7, 11) is 0. The monoisotopic (exact) mass is 238 g/mol. The molecule has 5 heteroatoms. The number of carbonyl (C=O) groups is 1. The number of carbonyl (C=O) groups excluding carboxylic acids is 1. The molecule has 1 amide bonds. The Labute approximate surface area is 103 Å². The highest BCUT2D eigenvalue weighted by molar-refractivity contribution is 5.75. The number of unbranched alkanes of at least 4 members (excludes halogenated alkanes) is 2. The zero-order valence-corrected chi connectivity index (χ0v) is 10.3. The van der Waals surface area contributed by atoms with E-state index in [0.717, 1.165) is 45.3 Å². The van der Waals surface area contributed by atoms with Crippen LogP contribution < -0.4 is 11.1 Å². The lowest BCUT2D eigenvalue weighted by molar-refractivity contribution is -0.119. The maximum atomic E-state index is 11.1. The van der Waals surface area contributed by atoms with Gasteiger partial charge in [-0.05, 0) is 45.3 Å². The average molecular weight is 238 g/mol. The van der Waals surface area contributed by atoms with E-state index >= 15 is 0 Å². The SMILES string of the molecule is N#CCCCCN(CC(N)=O)C1CCNCC1. The second-order valence-electron chi connectivity index (χ2n) is 4.53. The highest BCUT2D eigenvalue weighted by atomic mass is 16.1. The van der Waals surface area contributed by atoms with Crippen LogP contribution >= 0.6 is 0 Å². The Balaban J connectivity index is 2.36. The number of rotatable bonds is 7. The third-order valence-electron chi connectivity index (χ3n) is 3.17. The van der Waals surface area contributed by atoms with Gasteiger partial charge in [0, 0.05) is 12.5 Å². The van der Waals surface area contributed by atoms with E-state index in [1.54, 1.807) is 0 Å². The highest BCUT2D eigenvalue weighted by Crippen LogP contribution is 2.12. The lowest BCUT2D eigenvalue weighted by Gasteiger charge is -2.33. The number of nitrogens with one attached hydrogen (secondary N) is 1. The van der Waals surface area contributed by atoms with E-state index in [4.69, 9.17) is 11.0 Å². The van der Waals surface area contributed by atoms with Crippen molar-refractivity contribution in [2.75, 3.05) is 26.2 Å². The molecule has 96 valence electrons. The number of nitrogens with two attached hydrogens (primary N) is 1. The smallest absolute Gasteiger partial charge is 0.231 e. The van der Waals surface area contributed by atoms with Crippen LogP contribution in [0.5, 0.6) is 0 Å². The first kappa shape index (κ1) is 13.9. The zero-order valence-electron chi connectivity index (χ0n) is 10.3. The second kappa shape index (κ2) is 8.04. The number of hydrogen-bond acceptors (Lipinski definition) is 4. The molecule has 0 bridgehead atoms. The molecule has 1 aliphatic rings. The summed E-state index contributed by atoms with van der Waals surface area (Å²) in [5.74, 6) is -0.260. The van der Waals surface area contributed by atoms with Gasteiger partial charge in [0.1, 0.15) is 0 Å². The topological polar surface area (TPSA) is 82.2 Å². The molecule has 5 nitrogen and oxygen atoms in total. The first-order valence-electron chi connectivity index (χ1n) is 6.34. The van der Waals surface area contributed by atoms with Gasteiger partial charge in [0.25, 0.3) is 0 Å². The van der Waals surface area contributed by atoms with Crippen LogP contribution in [0.2, 0.25) is 0 Å². The van der Waals surface area contributed by atoms with Crippen LogP contribution in [0.25, 0.3) is 0 Å². The van der Waals surface area contributed by atoms with Crippen molar-refractivity contribution in [3.05, 3.63) is 0 Å². The molecule has 1 fully saturated rings. The van der Waals surface area contributed by atoms with Crippen molar-refractivity contribution >= 4 is 5.91 Å². The summed E-state index contributed by atoms with van der Waals surface area (Å²) < 4.78 is 0. The van der Waals surface area contributed by atoms with E-state index in [1.807, 2.05) is 0 Å². The second-order valence-corrected chi connectivity index (χ2v) is 4.53. The number of primary amides is 1. The van der Waals surface area contributed by atoms with Crippen molar-refractivity contribution in [3.63, 3.8) is 0 Å². The van der Waals surface area contributed by atoms with Crippen molar-refractivity contribution in [2.45, 2.75) is 38.1 Å². The van der Waals surface area contributed by atoms with Crippen molar-refractivity contribution < 1.29 is 4.79 Å². The summed E-state index contributed by atoms with van der Waals surface area (Å²) in [6.07, 6.45) is 4.61. The van der Waals surface area contributed by atoms with Gasteiger partial charge in [-0.2, -0.15) is 5.26 Å². The van der Waals surface area contributed by atoms with Gasteiger partial charge in [0.05, 0.1) is 12.6 Å². The standard InChI is InChI=1S/C12H22N4O/c13-6-2-1-3-9-16(10-12(14)17)11-4-7-15-8-5-11/h11,15H,1-5,7-10H2,(H2,14,17). The number of hydrogen-bond donors (Lipinski definition) is 2. The van der Waals surface area contributed by atoms with Crippen molar-refractivity contribution in [1.82, 2.24) is 10.2 Å². The molecular weight excluding hydrogens is 216 g/mol. The molecule has 1 aliphatic heterocycles. The van der Waals surface area contributed by atoms with Gasteiger partial charge >= 0.3 is 0 Å². The Bertz CT molecular complexity index is 268. The fourth-order valence-electron chi connectivity index (χ4n) is 2.28. The van der Waals surface area contributed by atoms with Gasteiger partial charge in [-0.15, -0.1) is 0 Å². The van der Waals surface area contributed by atoms with Crippen molar-refractivity contribution in [1.29, 1.82) is 5.26 Å². The predicted molar refractivity (Wildman–Crippen MR) is 66.1 cm³/mol. The van der Waals surface area contributed by atoms with Crippen LogP contribution in [0, 0.1) is 11.3 Å². The molecule has 0 unspecified atom stereocenters. The summed E-state index contributed by atoms with van der Waals surface area (Å²) in [5, 5.41) is 11.8. The van der Waals surface area contributed by atoms with Crippen LogP contribution in [0.1, 0.15) is 32.1 Å². The summed E-state index contributed by atoms with van der Waals surface area (Å²) >= 11 is 0. The number of amides is 1. The largest absolute Gasteiger partial charge is 0.369 e. The number of nitriles is 1. The molecule has 1 saturated heterocycles. The van der Waals surface area contributed by atoms with E-state index in [1.165, 1.54) is 0 Å². The Morgan fingerprint density at radius 1 is 1.41 bits per heavy atom. The lowest BCUT2D eigenvalue weighted by atomic mass is 10.0. The van der Waals surface area contributed by atoms with Gasteiger partial charge in [-0.25, -0.2) is 0 Å². The first-order valence-corrected chi connectivity index (χ1v) is 6.34. The Morgan fingerprint density at radius 2 is 2.12 bits per heavy atom. The summed E-state index contributed by atoms with van der Waals surface area (Å²) in [4.78, 5) is 13.2. The van der Waals surface area contributed by atoms with Crippen molar-refractivity contribution in [3.8, 4) is 6.07 Å². The normalized spacial score (nSPS) is 16.9. The van der Waals surface area contributed by atoms with Gasteiger partial charge in [-0.3, -0.25) is 9.69 Å². The molecule has 0 aromatic carbocycles. The summed E-state index contributed by atoms with van der Waals surface area (Å²) in [5.41, 5.74) is 5.28. The lowest BCUT2D eigenvalue weighted by Crippen LogP contribution is -2.46. The number of nitrogens with zero attached hydrogens (tertiary/aromatic N) is 2. The fourth-order valence-corrected chi connectivity index (χ4v) is 2.28. The minimum atomic E-state index is -0.260. The quantitative estimate of drug-likeness (QED) is 0.622. The molecule has 1 rings (SSSR count). The molecule has 0 spiro atoms. The molecule has 0 aliphatic carbocycles. The summed E-state index contributed by atoms with van der Waals surface area (Å²) in [6, 6.07) is 2.61. The van der Waals surface area contributed by atoms with Crippen LogP contribution in [0.15, 0.2) is 0 Å². The molecule has 3 N–H and O–H groups in total. The molecule has 0 aromatic heterocycles. The third kappa shape index (κ3) is 5.66. The molecule has 0 aromatic rings. The highest BCUT2D eigenvalue weighted by Gasteiger charge is 2.21. The Hall–Kier alpha value is -1.12. The van der Waals surface area contributed by atoms with E-state index in [-0.39, 0.29) is 5.91 Å². The van der Waals surface area contributed by atoms with Gasteiger partial charge in [-0.1, -0.05) is 0 Å². The van der Waals surface area contributed by atoms with Crippen LogP contribution in [-0.2, 0) is 4.79 Å². The van der Waals surface area contributed by atoms with Crippen LogP contribution in [0.3, 0.4) is 0 Å².